The molecule has 3 fully saturated rings. The van der Waals surface area contributed by atoms with Crippen molar-refractivity contribution in [3.8, 4) is 11.5 Å². The van der Waals surface area contributed by atoms with Gasteiger partial charge in [-0.25, -0.2) is 4.79 Å². The maximum atomic E-state index is 13.7. The Hall–Kier alpha value is -3.01. The van der Waals surface area contributed by atoms with Gasteiger partial charge in [0.15, 0.2) is 0 Å². The molecular weight excluding hydrogens is 534 g/mol. The highest BCUT2D eigenvalue weighted by Gasteiger charge is 2.52. The van der Waals surface area contributed by atoms with Crippen LogP contribution in [0.4, 0.5) is 10.5 Å². The number of likely N-dealkylation sites (tertiary alicyclic amines) is 1. The zero-order valence-corrected chi connectivity index (χ0v) is 25.2. The number of benzene rings is 2. The Bertz CT molecular complexity index is 1360. The van der Waals surface area contributed by atoms with Gasteiger partial charge in [0, 0.05) is 29.9 Å². The monoisotopic (exact) mass is 575 g/mol. The van der Waals surface area contributed by atoms with Crippen LogP contribution in [0.3, 0.4) is 0 Å². The van der Waals surface area contributed by atoms with E-state index >= 15 is 0 Å². The normalized spacial score (nSPS) is 26.2. The summed E-state index contributed by atoms with van der Waals surface area (Å²) in [6, 6.07) is 14.0. The quantitative estimate of drug-likeness (QED) is 0.415. The molecule has 3 N–H and O–H groups in total. The lowest BCUT2D eigenvalue weighted by atomic mass is 9.86. The largest absolute Gasteiger partial charge is 0.457 e. The second-order valence-corrected chi connectivity index (χ2v) is 13.0. The Morgan fingerprint density at radius 1 is 1.20 bits per heavy atom. The van der Waals surface area contributed by atoms with E-state index < -0.39 is 0 Å². The minimum atomic E-state index is -0.175. The number of piperidine rings is 2. The lowest BCUT2D eigenvalue weighted by Crippen LogP contribution is -2.62. The van der Waals surface area contributed by atoms with Crippen LogP contribution >= 0.6 is 11.8 Å². The average Bonchev–Trinajstić information content (AvgIpc) is 3.33. The number of anilines is 1. The highest BCUT2D eigenvalue weighted by atomic mass is 32.2. The molecule has 41 heavy (non-hydrogen) atoms. The predicted molar refractivity (Wildman–Crippen MR) is 164 cm³/mol. The second kappa shape index (κ2) is 11.7. The van der Waals surface area contributed by atoms with Crippen LogP contribution < -0.4 is 25.6 Å². The van der Waals surface area contributed by atoms with Gasteiger partial charge in [0.2, 0.25) is 0 Å². The van der Waals surface area contributed by atoms with E-state index in [-0.39, 0.29) is 35.3 Å². The van der Waals surface area contributed by atoms with Crippen molar-refractivity contribution in [3.63, 3.8) is 0 Å². The molecule has 3 amide bonds. The number of aryl methyl sites for hydroxylation is 1. The summed E-state index contributed by atoms with van der Waals surface area (Å²) in [5.41, 5.74) is 3.79. The van der Waals surface area contributed by atoms with Gasteiger partial charge >= 0.3 is 6.03 Å². The Morgan fingerprint density at radius 3 is 2.80 bits per heavy atom. The second-order valence-electron chi connectivity index (χ2n) is 11.9. The van der Waals surface area contributed by atoms with Gasteiger partial charge < -0.3 is 25.6 Å². The molecule has 9 heteroatoms. The molecule has 218 valence electrons. The van der Waals surface area contributed by atoms with Gasteiger partial charge in [0.05, 0.1) is 16.3 Å². The number of ether oxygens (including phenoxy) is 1. The zero-order valence-electron chi connectivity index (χ0n) is 24.4. The lowest BCUT2D eigenvalue weighted by Gasteiger charge is -2.46. The molecule has 0 radical (unpaired) electrons. The van der Waals surface area contributed by atoms with Gasteiger partial charge in [-0.05, 0) is 87.1 Å². The van der Waals surface area contributed by atoms with Crippen molar-refractivity contribution in [2.75, 3.05) is 31.1 Å². The van der Waals surface area contributed by atoms with Gasteiger partial charge in [-0.1, -0.05) is 50.7 Å². The van der Waals surface area contributed by atoms with E-state index in [2.05, 4.69) is 47.7 Å². The Kier molecular flexibility index (Phi) is 8.03. The van der Waals surface area contributed by atoms with Crippen LogP contribution in [0.15, 0.2) is 53.1 Å². The molecule has 6 rings (SSSR count). The van der Waals surface area contributed by atoms with E-state index in [1.165, 1.54) is 0 Å². The zero-order chi connectivity index (χ0) is 28.7. The van der Waals surface area contributed by atoms with Crippen molar-refractivity contribution in [1.82, 2.24) is 20.9 Å². The number of para-hydroxylation sites is 1. The smallest absolute Gasteiger partial charge is 0.326 e. The van der Waals surface area contributed by atoms with E-state index in [0.717, 1.165) is 79.5 Å². The van der Waals surface area contributed by atoms with Crippen molar-refractivity contribution in [2.24, 2.45) is 5.92 Å². The highest BCUT2D eigenvalue weighted by molar-refractivity contribution is 8.04. The summed E-state index contributed by atoms with van der Waals surface area (Å²) in [6.45, 7) is 12.3. The number of likely N-dealkylation sites (N-methyl/N-ethyl adjacent to an activating group) is 1. The SMILES string of the molecule is CCN1CCC[C@@H](NC(=O)C2=C3NC(=O)N(c4ccc(Oc5ccccc5C(C)C)cc4C)C4CCNC(S2)C34)C1. The molecule has 8 nitrogen and oxygen atoms in total. The van der Waals surface area contributed by atoms with Crippen LogP contribution in [-0.4, -0.2) is 60.5 Å². The van der Waals surface area contributed by atoms with Crippen LogP contribution in [0.2, 0.25) is 0 Å². The van der Waals surface area contributed by atoms with Gasteiger partial charge in [0.1, 0.15) is 11.5 Å². The van der Waals surface area contributed by atoms with E-state index in [1.807, 2.05) is 48.2 Å². The third-order valence-electron chi connectivity index (χ3n) is 8.83. The number of thioether (sulfide) groups is 1. The molecule has 2 aromatic rings. The third-order valence-corrected chi connectivity index (χ3v) is 10.2. The predicted octanol–water partition coefficient (Wildman–Crippen LogP) is 5.30. The topological polar surface area (TPSA) is 85.9 Å². The summed E-state index contributed by atoms with van der Waals surface area (Å²) in [5, 5.41) is 10.1. The van der Waals surface area contributed by atoms with Crippen LogP contribution in [0.25, 0.3) is 0 Å². The number of carbonyl (C=O) groups is 2. The van der Waals surface area contributed by atoms with Crippen molar-refractivity contribution < 1.29 is 14.3 Å². The molecule has 0 saturated carbocycles. The Morgan fingerprint density at radius 2 is 2.02 bits per heavy atom. The van der Waals surface area contributed by atoms with Crippen LogP contribution in [0, 0.1) is 12.8 Å². The maximum Gasteiger partial charge on any atom is 0.326 e. The number of amides is 3. The Labute approximate surface area is 247 Å². The number of hydrogen-bond donors (Lipinski definition) is 3. The highest BCUT2D eigenvalue weighted by Crippen LogP contribution is 2.48. The summed E-state index contributed by atoms with van der Waals surface area (Å²) < 4.78 is 6.30. The Balaban J connectivity index is 1.23. The first-order chi connectivity index (χ1) is 19.8. The molecule has 2 aromatic carbocycles. The van der Waals surface area contributed by atoms with Crippen LogP contribution in [-0.2, 0) is 4.79 Å². The summed E-state index contributed by atoms with van der Waals surface area (Å²) >= 11 is 1.57. The maximum absolute atomic E-state index is 13.7. The van der Waals surface area contributed by atoms with Gasteiger partial charge in [-0.15, -0.1) is 0 Å². The fraction of sp³-hybridized carbons (Fsp3) is 0.500. The lowest BCUT2D eigenvalue weighted by molar-refractivity contribution is -0.117. The fourth-order valence-corrected chi connectivity index (χ4v) is 8.15. The summed E-state index contributed by atoms with van der Waals surface area (Å²) in [5.74, 6) is 1.92. The van der Waals surface area contributed by atoms with Gasteiger partial charge in [0.25, 0.3) is 5.91 Å². The molecule has 0 bridgehead atoms. The number of carbonyl (C=O) groups excluding carboxylic acids is 2. The van der Waals surface area contributed by atoms with E-state index in [4.69, 9.17) is 4.74 Å². The minimum Gasteiger partial charge on any atom is -0.457 e. The third kappa shape index (κ3) is 5.47. The number of hydrogen-bond acceptors (Lipinski definition) is 6. The molecule has 0 aromatic heterocycles. The summed E-state index contributed by atoms with van der Waals surface area (Å²) in [7, 11) is 0. The van der Waals surface area contributed by atoms with Crippen LogP contribution in [0.5, 0.6) is 11.5 Å². The minimum absolute atomic E-state index is 0.0268. The van der Waals surface area contributed by atoms with Gasteiger partial charge in [-0.2, -0.15) is 0 Å². The molecular formula is C32H41N5O3S. The van der Waals surface area contributed by atoms with E-state index in [1.54, 1.807) is 11.8 Å². The average molecular weight is 576 g/mol. The summed E-state index contributed by atoms with van der Waals surface area (Å²) in [4.78, 5) is 32.2. The molecule has 0 aliphatic carbocycles. The van der Waals surface area contributed by atoms with E-state index in [9.17, 15) is 9.59 Å². The summed E-state index contributed by atoms with van der Waals surface area (Å²) in [6.07, 6.45) is 2.90. The van der Waals surface area contributed by atoms with Crippen molar-refractivity contribution in [3.05, 3.63) is 64.2 Å². The van der Waals surface area contributed by atoms with Crippen molar-refractivity contribution in [1.29, 1.82) is 0 Å². The fourth-order valence-electron chi connectivity index (χ4n) is 6.75. The number of urea groups is 1. The molecule has 3 saturated heterocycles. The molecule has 4 heterocycles. The number of rotatable bonds is 7. The molecule has 3 unspecified atom stereocenters. The molecule has 0 spiro atoms. The van der Waals surface area contributed by atoms with Crippen molar-refractivity contribution in [2.45, 2.75) is 70.3 Å². The van der Waals surface area contributed by atoms with Crippen LogP contribution in [0.1, 0.15) is 57.1 Å². The molecule has 4 atom stereocenters. The number of nitrogens with one attached hydrogen (secondary N) is 3. The first-order valence-electron chi connectivity index (χ1n) is 15.0. The van der Waals surface area contributed by atoms with E-state index in [0.29, 0.717) is 10.8 Å². The van der Waals surface area contributed by atoms with Crippen molar-refractivity contribution >= 4 is 29.4 Å². The first-order valence-corrected chi connectivity index (χ1v) is 15.9. The van der Waals surface area contributed by atoms with Gasteiger partial charge in [-0.3, -0.25) is 9.69 Å². The number of nitrogens with zero attached hydrogens (tertiary/aromatic N) is 2. The molecule has 4 aliphatic heterocycles. The first kappa shape index (κ1) is 28.1. The molecule has 4 aliphatic rings. The standard InChI is InChI=1S/C32H41N5O3S/c1-5-36-16-8-9-21(18-36)34-30(38)29-28-27-25(14-15-33-31(27)41-29)37(32(39)35-28)24-13-12-22(17-20(24)4)40-26-11-7-6-10-23(26)19(2)3/h6-7,10-13,17,19,21,25,27,31,33H,5,8-9,14-16,18H2,1-4H3,(H,34,38)(H,35,39)/t21-,25?,27?,31?/m1/s1.